The van der Waals surface area contributed by atoms with Gasteiger partial charge in [0.05, 0.1) is 11.9 Å². The topological polar surface area (TPSA) is 135 Å². The van der Waals surface area contributed by atoms with Gasteiger partial charge in [0.2, 0.25) is 0 Å². The molecule has 0 spiro atoms. The molecule has 0 saturated carbocycles. The van der Waals surface area contributed by atoms with Crippen molar-refractivity contribution >= 4 is 22.1 Å². The van der Waals surface area contributed by atoms with E-state index in [4.69, 9.17) is 4.55 Å². The minimum absolute atomic E-state index is 0. The molecular weight excluding hydrogens is 310 g/mol. The minimum Gasteiger partial charge on any atom is -0.545 e. The molecule has 0 heterocycles. The van der Waals surface area contributed by atoms with Crippen LogP contribution < -0.4 is 69.3 Å². The SMILES string of the molecule is C=C.O=C([O-])c1cccc(C(=O)[O-])c1S(=O)(=O)O.[Na+].[Na+]. The summed E-state index contributed by atoms with van der Waals surface area (Å²) in [6.45, 7) is 6.00. The fraction of sp³-hybridized carbons (Fsp3) is 0. The van der Waals surface area contributed by atoms with Crippen LogP contribution in [0.5, 0.6) is 0 Å². The van der Waals surface area contributed by atoms with Gasteiger partial charge in [0.25, 0.3) is 10.1 Å². The molecule has 1 N–H and O–H groups in total. The molecule has 0 amide bonds. The van der Waals surface area contributed by atoms with Crippen molar-refractivity contribution in [2.75, 3.05) is 0 Å². The summed E-state index contributed by atoms with van der Waals surface area (Å²) >= 11 is 0. The van der Waals surface area contributed by atoms with Crippen LogP contribution in [0.2, 0.25) is 0 Å². The van der Waals surface area contributed by atoms with E-state index in [9.17, 15) is 28.2 Å². The van der Waals surface area contributed by atoms with Crippen LogP contribution in [0.25, 0.3) is 0 Å². The second-order valence-electron chi connectivity index (χ2n) is 2.73. The first-order valence-corrected chi connectivity index (χ1v) is 5.72. The van der Waals surface area contributed by atoms with Crippen molar-refractivity contribution in [3.63, 3.8) is 0 Å². The van der Waals surface area contributed by atoms with Crippen LogP contribution in [-0.4, -0.2) is 24.9 Å². The van der Waals surface area contributed by atoms with Crippen molar-refractivity contribution in [2.45, 2.75) is 4.90 Å². The number of benzene rings is 1. The molecule has 0 aliphatic heterocycles. The molecular formula is C10H8Na2O7S. The summed E-state index contributed by atoms with van der Waals surface area (Å²) in [4.78, 5) is 19.8. The molecule has 10 heteroatoms. The summed E-state index contributed by atoms with van der Waals surface area (Å²) < 4.78 is 30.5. The Hall–Kier alpha value is -0.190. The average Bonchev–Trinajstić information content (AvgIpc) is 2.29. The van der Waals surface area contributed by atoms with Gasteiger partial charge in [-0.15, -0.1) is 13.2 Å². The summed E-state index contributed by atoms with van der Waals surface area (Å²) in [6.07, 6.45) is 0. The summed E-state index contributed by atoms with van der Waals surface area (Å²) in [5.74, 6) is -3.84. The van der Waals surface area contributed by atoms with Crippen molar-refractivity contribution in [3.8, 4) is 0 Å². The molecule has 1 aromatic carbocycles. The number of carboxylic acid groups (broad SMARTS) is 2. The summed E-state index contributed by atoms with van der Waals surface area (Å²) in [5, 5.41) is 21.1. The molecule has 0 fully saturated rings. The molecule has 98 valence electrons. The predicted octanol–water partition coefficient (Wildman–Crippen LogP) is -7.53. The molecule has 0 atom stereocenters. The van der Waals surface area contributed by atoms with Gasteiger partial charge in [-0.1, -0.05) is 18.2 Å². The zero-order chi connectivity index (χ0) is 14.5. The van der Waals surface area contributed by atoms with E-state index in [1.54, 1.807) is 0 Å². The van der Waals surface area contributed by atoms with E-state index >= 15 is 0 Å². The number of hydrogen-bond donors (Lipinski definition) is 1. The maximum absolute atomic E-state index is 10.9. The van der Waals surface area contributed by atoms with Gasteiger partial charge in [-0.05, 0) is 0 Å². The molecule has 7 nitrogen and oxygen atoms in total. The molecule has 20 heavy (non-hydrogen) atoms. The molecule has 1 rings (SSSR count). The molecule has 0 aliphatic rings. The summed E-state index contributed by atoms with van der Waals surface area (Å²) in [7, 11) is -5.00. The second kappa shape index (κ2) is 10.5. The number of aromatic carboxylic acids is 2. The average molecular weight is 318 g/mol. The number of carboxylic acids is 2. The van der Waals surface area contributed by atoms with E-state index in [-0.39, 0.29) is 59.1 Å². The van der Waals surface area contributed by atoms with Crippen LogP contribution in [0.4, 0.5) is 0 Å². The smallest absolute Gasteiger partial charge is 0.545 e. The number of carbonyl (C=O) groups is 2. The monoisotopic (exact) mass is 318 g/mol. The van der Waals surface area contributed by atoms with Crippen LogP contribution in [-0.2, 0) is 10.1 Å². The molecule has 0 radical (unpaired) electrons. The number of rotatable bonds is 3. The normalized spacial score (nSPS) is 9.05. The molecule has 1 aromatic rings. The van der Waals surface area contributed by atoms with E-state index < -0.39 is 38.1 Å². The third-order valence-corrected chi connectivity index (χ3v) is 2.67. The van der Waals surface area contributed by atoms with Gasteiger partial charge in [-0.3, -0.25) is 4.55 Å². The van der Waals surface area contributed by atoms with Crippen molar-refractivity contribution in [1.82, 2.24) is 0 Å². The zero-order valence-electron chi connectivity index (χ0n) is 11.0. The van der Waals surface area contributed by atoms with E-state index in [1.165, 1.54) is 0 Å². The fourth-order valence-electron chi connectivity index (χ4n) is 1.14. The maximum atomic E-state index is 10.9. The predicted molar refractivity (Wildman–Crippen MR) is 56.2 cm³/mol. The zero-order valence-corrected chi connectivity index (χ0v) is 15.8. The molecule has 0 aromatic heterocycles. The fourth-order valence-corrected chi connectivity index (χ4v) is 1.99. The Bertz CT molecular complexity index is 551. The van der Waals surface area contributed by atoms with E-state index in [1.807, 2.05) is 0 Å². The second-order valence-corrected chi connectivity index (χ2v) is 4.09. The summed E-state index contributed by atoms with van der Waals surface area (Å²) in [5.41, 5.74) is -1.88. The van der Waals surface area contributed by atoms with Crippen molar-refractivity contribution in [3.05, 3.63) is 42.5 Å². The number of hydrogen-bond acceptors (Lipinski definition) is 6. The number of carbonyl (C=O) groups excluding carboxylic acids is 2. The maximum Gasteiger partial charge on any atom is 1.00 e. The quantitative estimate of drug-likeness (QED) is 0.332. The van der Waals surface area contributed by atoms with Crippen LogP contribution in [0.15, 0.2) is 36.3 Å². The Morgan fingerprint density at radius 2 is 1.30 bits per heavy atom. The molecule has 0 unspecified atom stereocenters. The molecule has 0 aliphatic carbocycles. The molecule has 0 bridgehead atoms. The van der Waals surface area contributed by atoms with Gasteiger partial charge in [0.1, 0.15) is 4.90 Å². The standard InChI is InChI=1S/C8H6O7S.C2H4.2Na/c9-7(10)4-2-1-3-5(8(11)12)6(4)16(13,14)15;1-2;;/h1-3H,(H,9,10)(H,11,12)(H,13,14,15);1-2H2;;/q;;2*+1/p-2. The summed E-state index contributed by atoms with van der Waals surface area (Å²) in [6, 6.07) is 2.58. The first kappa shape index (κ1) is 24.8. The van der Waals surface area contributed by atoms with Gasteiger partial charge in [-0.25, -0.2) is 0 Å². The Morgan fingerprint density at radius 1 is 1.00 bits per heavy atom. The van der Waals surface area contributed by atoms with Crippen LogP contribution >= 0.6 is 0 Å². The van der Waals surface area contributed by atoms with Gasteiger partial charge < -0.3 is 19.8 Å². The van der Waals surface area contributed by atoms with Gasteiger partial charge in [0, 0.05) is 11.1 Å². The Balaban J connectivity index is -0.000000689. The first-order valence-electron chi connectivity index (χ1n) is 4.28. The minimum atomic E-state index is -5.00. The van der Waals surface area contributed by atoms with E-state index in [2.05, 4.69) is 13.2 Å². The van der Waals surface area contributed by atoms with Crippen molar-refractivity contribution in [1.29, 1.82) is 0 Å². The van der Waals surface area contributed by atoms with Crippen molar-refractivity contribution in [2.24, 2.45) is 0 Å². The van der Waals surface area contributed by atoms with Gasteiger partial charge in [-0.2, -0.15) is 8.42 Å². The Labute approximate surface area is 160 Å². The largest absolute Gasteiger partial charge is 1.00 e. The first-order chi connectivity index (χ1) is 8.25. The third kappa shape index (κ3) is 6.51. The Morgan fingerprint density at radius 3 is 1.50 bits per heavy atom. The van der Waals surface area contributed by atoms with Crippen molar-refractivity contribution < 1.29 is 91.9 Å². The molecule has 0 saturated heterocycles. The van der Waals surface area contributed by atoms with Crippen LogP contribution in [0.3, 0.4) is 0 Å². The van der Waals surface area contributed by atoms with Crippen LogP contribution in [0.1, 0.15) is 20.7 Å². The van der Waals surface area contributed by atoms with Crippen LogP contribution in [0, 0.1) is 0 Å². The Kier molecular flexibility index (Phi) is 13.1. The van der Waals surface area contributed by atoms with Gasteiger partial charge >= 0.3 is 59.1 Å². The van der Waals surface area contributed by atoms with E-state index in [0.717, 1.165) is 18.2 Å². The van der Waals surface area contributed by atoms with Gasteiger partial charge in [0.15, 0.2) is 0 Å². The van der Waals surface area contributed by atoms with E-state index in [0.29, 0.717) is 0 Å². The third-order valence-electron chi connectivity index (χ3n) is 1.71.